The Hall–Kier alpha value is -3.24. The average Bonchev–Trinajstić information content (AvgIpc) is 3.04. The predicted molar refractivity (Wildman–Crippen MR) is 111 cm³/mol. The van der Waals surface area contributed by atoms with Gasteiger partial charge in [0, 0.05) is 11.9 Å². The lowest BCUT2D eigenvalue weighted by molar-refractivity contribution is -0.149. The molecule has 0 aromatic heterocycles. The molecule has 0 amide bonds. The van der Waals surface area contributed by atoms with E-state index in [1.165, 1.54) is 11.8 Å². The molecule has 0 fully saturated rings. The maximum Gasteiger partial charge on any atom is 0.344 e. The number of nitrogens with zero attached hydrogens (tertiary/aromatic N) is 2. The lowest BCUT2D eigenvalue weighted by atomic mass is 10.1. The summed E-state index contributed by atoms with van der Waals surface area (Å²) in [6.45, 7) is 2.99. The molecule has 2 aromatic rings. The van der Waals surface area contributed by atoms with Gasteiger partial charge in [-0.1, -0.05) is 36.0 Å². The number of benzene rings is 2. The standard InChI is InChI=1S/C22H20N2O4S/c1-14-8-9-15(2)19(10-14)27-13-21(26)28-12-18(25)16(11-23)22-24(3)17-6-4-5-7-20(17)29-22/h4-10H,12-13H2,1-3H3/b22-16-. The number of carbonyl (C=O) groups is 2. The van der Waals surface area contributed by atoms with Crippen LogP contribution in [0.3, 0.4) is 0 Å². The first-order valence-electron chi connectivity index (χ1n) is 8.94. The van der Waals surface area contributed by atoms with Crippen LogP contribution in [-0.2, 0) is 14.3 Å². The van der Waals surface area contributed by atoms with Gasteiger partial charge in [-0.2, -0.15) is 5.26 Å². The van der Waals surface area contributed by atoms with Crippen LogP contribution in [-0.4, -0.2) is 32.0 Å². The molecule has 0 atom stereocenters. The number of hydrogen-bond acceptors (Lipinski definition) is 7. The van der Waals surface area contributed by atoms with Crippen molar-refractivity contribution in [3.05, 3.63) is 64.2 Å². The molecule has 2 aromatic carbocycles. The highest BCUT2D eigenvalue weighted by molar-refractivity contribution is 8.03. The van der Waals surface area contributed by atoms with Crippen molar-refractivity contribution < 1.29 is 19.1 Å². The van der Waals surface area contributed by atoms with E-state index in [1.807, 2.05) is 62.4 Å². The molecule has 0 N–H and O–H groups in total. The number of ether oxygens (including phenoxy) is 2. The van der Waals surface area contributed by atoms with E-state index in [-0.39, 0.29) is 12.2 Å². The molecule has 0 aliphatic carbocycles. The molecule has 7 heteroatoms. The number of Topliss-reactive ketones (excluding diaryl/α,β-unsaturated/α-hetero) is 1. The van der Waals surface area contributed by atoms with E-state index in [2.05, 4.69) is 0 Å². The number of ketones is 1. The van der Waals surface area contributed by atoms with Gasteiger partial charge in [-0.25, -0.2) is 4.79 Å². The van der Waals surface area contributed by atoms with Gasteiger partial charge in [0.25, 0.3) is 0 Å². The molecular weight excluding hydrogens is 388 g/mol. The Labute approximate surface area is 173 Å². The number of para-hydroxylation sites is 1. The monoisotopic (exact) mass is 408 g/mol. The highest BCUT2D eigenvalue weighted by Crippen LogP contribution is 2.46. The van der Waals surface area contributed by atoms with Crippen LogP contribution in [0.25, 0.3) is 0 Å². The van der Waals surface area contributed by atoms with E-state index in [0.717, 1.165) is 21.7 Å². The van der Waals surface area contributed by atoms with Crippen molar-refractivity contribution in [3.8, 4) is 11.8 Å². The number of anilines is 1. The number of carbonyl (C=O) groups excluding carboxylic acids is 2. The molecule has 1 heterocycles. The zero-order chi connectivity index (χ0) is 21.0. The molecular formula is C22H20N2O4S. The summed E-state index contributed by atoms with van der Waals surface area (Å²) < 4.78 is 10.5. The van der Waals surface area contributed by atoms with Crippen LogP contribution in [0.2, 0.25) is 0 Å². The summed E-state index contributed by atoms with van der Waals surface area (Å²) in [7, 11) is 1.79. The van der Waals surface area contributed by atoms with Crippen molar-refractivity contribution >= 4 is 29.2 Å². The highest BCUT2D eigenvalue weighted by atomic mass is 32.2. The van der Waals surface area contributed by atoms with Gasteiger partial charge in [0.2, 0.25) is 5.78 Å². The van der Waals surface area contributed by atoms with Gasteiger partial charge in [0.05, 0.1) is 5.69 Å². The first-order chi connectivity index (χ1) is 13.9. The third-order valence-electron chi connectivity index (χ3n) is 4.40. The Bertz CT molecular complexity index is 1040. The third-order valence-corrected chi connectivity index (χ3v) is 5.63. The SMILES string of the molecule is Cc1ccc(C)c(OCC(=O)OCC(=O)/C(C#N)=C2\Sc3ccccc3N2C)c1. The number of hydrogen-bond donors (Lipinski definition) is 0. The van der Waals surface area contributed by atoms with Crippen molar-refractivity contribution in [1.29, 1.82) is 5.26 Å². The Kier molecular flexibility index (Phi) is 6.25. The van der Waals surface area contributed by atoms with Crippen molar-refractivity contribution in [2.75, 3.05) is 25.2 Å². The predicted octanol–water partition coefficient (Wildman–Crippen LogP) is 3.77. The minimum absolute atomic E-state index is 0.0306. The first kappa shape index (κ1) is 20.5. The number of rotatable bonds is 6. The summed E-state index contributed by atoms with van der Waals surface area (Å²) in [5.74, 6) is -0.623. The lowest BCUT2D eigenvalue weighted by Crippen LogP contribution is -2.22. The first-order valence-corrected chi connectivity index (χ1v) is 9.76. The maximum absolute atomic E-state index is 12.5. The molecule has 29 heavy (non-hydrogen) atoms. The fourth-order valence-corrected chi connectivity index (χ4v) is 3.97. The minimum atomic E-state index is -0.669. The molecule has 1 aliphatic rings. The Morgan fingerprint density at radius 3 is 2.62 bits per heavy atom. The van der Waals surface area contributed by atoms with E-state index in [9.17, 15) is 14.9 Å². The van der Waals surface area contributed by atoms with Crippen LogP contribution in [0.5, 0.6) is 5.75 Å². The fraction of sp³-hybridized carbons (Fsp3) is 0.227. The van der Waals surface area contributed by atoms with Crippen LogP contribution in [0.15, 0.2) is 58.0 Å². The summed E-state index contributed by atoms with van der Waals surface area (Å²) >= 11 is 1.35. The average molecular weight is 408 g/mol. The fourth-order valence-electron chi connectivity index (χ4n) is 2.81. The molecule has 0 radical (unpaired) electrons. The normalized spacial score (nSPS) is 14.1. The van der Waals surface area contributed by atoms with E-state index in [4.69, 9.17) is 9.47 Å². The van der Waals surface area contributed by atoms with Crippen LogP contribution < -0.4 is 9.64 Å². The summed E-state index contributed by atoms with van der Waals surface area (Å²) in [6.07, 6.45) is 0. The summed E-state index contributed by atoms with van der Waals surface area (Å²) in [4.78, 5) is 27.2. The molecule has 3 rings (SSSR count). The molecule has 1 aliphatic heterocycles. The Morgan fingerprint density at radius 2 is 1.90 bits per heavy atom. The summed E-state index contributed by atoms with van der Waals surface area (Å²) in [6, 6.07) is 15.3. The number of fused-ring (bicyclic) bond motifs is 1. The molecule has 0 bridgehead atoms. The van der Waals surface area contributed by atoms with Crippen molar-refractivity contribution in [2.45, 2.75) is 18.7 Å². The van der Waals surface area contributed by atoms with Crippen molar-refractivity contribution in [2.24, 2.45) is 0 Å². The Morgan fingerprint density at radius 1 is 1.14 bits per heavy atom. The second-order valence-corrected chi connectivity index (χ2v) is 7.59. The Balaban J connectivity index is 1.60. The number of aryl methyl sites for hydroxylation is 2. The van der Waals surface area contributed by atoms with Crippen LogP contribution in [0.1, 0.15) is 11.1 Å². The molecule has 0 saturated carbocycles. The molecule has 148 valence electrons. The molecule has 6 nitrogen and oxygen atoms in total. The van der Waals surface area contributed by atoms with Crippen LogP contribution in [0, 0.1) is 25.2 Å². The van der Waals surface area contributed by atoms with Crippen molar-refractivity contribution in [1.82, 2.24) is 0 Å². The van der Waals surface area contributed by atoms with Gasteiger partial charge in [0.15, 0.2) is 13.2 Å². The number of esters is 1. The van der Waals surface area contributed by atoms with Crippen LogP contribution in [0.4, 0.5) is 5.69 Å². The van der Waals surface area contributed by atoms with E-state index < -0.39 is 18.4 Å². The van der Waals surface area contributed by atoms with E-state index in [0.29, 0.717) is 10.8 Å². The summed E-state index contributed by atoms with van der Waals surface area (Å²) in [5, 5.41) is 10.0. The minimum Gasteiger partial charge on any atom is -0.482 e. The van der Waals surface area contributed by atoms with Gasteiger partial charge in [-0.15, -0.1) is 0 Å². The third kappa shape index (κ3) is 4.61. The smallest absolute Gasteiger partial charge is 0.344 e. The van der Waals surface area contributed by atoms with Gasteiger partial charge in [-0.3, -0.25) is 4.79 Å². The lowest BCUT2D eigenvalue weighted by Gasteiger charge is -2.14. The van der Waals surface area contributed by atoms with Gasteiger partial charge < -0.3 is 14.4 Å². The zero-order valence-electron chi connectivity index (χ0n) is 16.4. The second-order valence-electron chi connectivity index (χ2n) is 6.56. The zero-order valence-corrected chi connectivity index (χ0v) is 17.2. The van der Waals surface area contributed by atoms with E-state index in [1.54, 1.807) is 11.9 Å². The van der Waals surface area contributed by atoms with Gasteiger partial charge in [0.1, 0.15) is 22.4 Å². The van der Waals surface area contributed by atoms with Crippen LogP contribution >= 0.6 is 11.8 Å². The topological polar surface area (TPSA) is 79.6 Å². The molecule has 0 unspecified atom stereocenters. The number of nitriles is 1. The second kappa shape index (κ2) is 8.84. The quantitative estimate of drug-likeness (QED) is 0.409. The summed E-state index contributed by atoms with van der Waals surface area (Å²) in [5.41, 5.74) is 2.80. The molecule has 0 spiro atoms. The molecule has 0 saturated heterocycles. The van der Waals surface area contributed by atoms with Crippen molar-refractivity contribution in [3.63, 3.8) is 0 Å². The maximum atomic E-state index is 12.5. The highest BCUT2D eigenvalue weighted by Gasteiger charge is 2.28. The van der Waals surface area contributed by atoms with Gasteiger partial charge >= 0.3 is 5.97 Å². The van der Waals surface area contributed by atoms with Gasteiger partial charge in [-0.05, 0) is 43.2 Å². The number of thioether (sulfide) groups is 1. The largest absolute Gasteiger partial charge is 0.482 e. The van der Waals surface area contributed by atoms with E-state index >= 15 is 0 Å².